The van der Waals surface area contributed by atoms with Crippen LogP contribution in [0.1, 0.15) is 44.6 Å². The molecule has 5 nitrogen and oxygen atoms in total. The van der Waals surface area contributed by atoms with Gasteiger partial charge in [-0.05, 0) is 83.4 Å². The maximum absolute atomic E-state index is 13.4. The normalized spacial score (nSPS) is 20.1. The molecule has 0 aromatic heterocycles. The smallest absolute Gasteiger partial charge is 0.267 e. The second-order valence-corrected chi connectivity index (χ2v) is 9.45. The molecular weight excluding hydrogens is 476 g/mol. The van der Waals surface area contributed by atoms with Crippen molar-refractivity contribution < 1.29 is 14.6 Å². The number of amides is 1. The first-order chi connectivity index (χ1) is 15.1. The fourth-order valence-electron chi connectivity index (χ4n) is 3.93. The molecule has 1 aliphatic heterocycles. The number of benzene rings is 2. The SMILES string of the molecule is CCOc1cc(/C=C2\SC(=Nc3ccccc3)N(C3CCCCC3)C2=O)cc(Br)c1O. The highest BCUT2D eigenvalue weighted by Crippen LogP contribution is 2.40. The van der Waals surface area contributed by atoms with E-state index in [1.165, 1.54) is 18.2 Å². The number of carbonyl (C=O) groups excluding carboxylic acids is 1. The number of phenols is 1. The molecule has 4 rings (SSSR count). The van der Waals surface area contributed by atoms with Crippen LogP contribution in [0.25, 0.3) is 6.08 Å². The topological polar surface area (TPSA) is 62.1 Å². The van der Waals surface area contributed by atoms with E-state index < -0.39 is 0 Å². The Morgan fingerprint density at radius 1 is 1.23 bits per heavy atom. The number of aliphatic imine (C=N–C) groups is 1. The molecule has 1 N–H and O–H groups in total. The number of halogens is 1. The van der Waals surface area contributed by atoms with Gasteiger partial charge in [0.15, 0.2) is 16.7 Å². The third kappa shape index (κ3) is 4.99. The summed E-state index contributed by atoms with van der Waals surface area (Å²) in [5.41, 5.74) is 1.62. The van der Waals surface area contributed by atoms with Gasteiger partial charge in [0.1, 0.15) is 0 Å². The molecule has 0 radical (unpaired) electrons. The van der Waals surface area contributed by atoms with Crippen LogP contribution in [0.15, 0.2) is 56.8 Å². The summed E-state index contributed by atoms with van der Waals surface area (Å²) in [6, 6.07) is 13.5. The molecule has 2 fully saturated rings. The molecule has 2 aliphatic rings. The monoisotopic (exact) mass is 500 g/mol. The van der Waals surface area contributed by atoms with Crippen LogP contribution < -0.4 is 4.74 Å². The van der Waals surface area contributed by atoms with Crippen molar-refractivity contribution in [3.8, 4) is 11.5 Å². The molecule has 1 saturated carbocycles. The summed E-state index contributed by atoms with van der Waals surface area (Å²) in [6.45, 7) is 2.31. The number of rotatable bonds is 5. The number of thioether (sulfide) groups is 1. The minimum Gasteiger partial charge on any atom is -0.503 e. The number of phenolic OH excluding ortho intramolecular Hbond substituents is 1. The number of carbonyl (C=O) groups is 1. The molecule has 0 spiro atoms. The highest BCUT2D eigenvalue weighted by Gasteiger charge is 2.38. The van der Waals surface area contributed by atoms with Crippen LogP contribution in [-0.2, 0) is 4.79 Å². The predicted octanol–water partition coefficient (Wildman–Crippen LogP) is 6.49. The first-order valence-electron chi connectivity index (χ1n) is 10.6. The van der Waals surface area contributed by atoms with Crippen molar-refractivity contribution in [2.24, 2.45) is 4.99 Å². The number of aromatic hydroxyl groups is 1. The molecule has 0 bridgehead atoms. The molecule has 1 aliphatic carbocycles. The van der Waals surface area contributed by atoms with Crippen LogP contribution in [0.3, 0.4) is 0 Å². The van der Waals surface area contributed by atoms with Gasteiger partial charge in [-0.1, -0.05) is 37.5 Å². The summed E-state index contributed by atoms with van der Waals surface area (Å²) < 4.78 is 6.06. The lowest BCUT2D eigenvalue weighted by atomic mass is 9.94. The Morgan fingerprint density at radius 3 is 2.68 bits per heavy atom. The largest absolute Gasteiger partial charge is 0.503 e. The molecule has 162 valence electrons. The van der Waals surface area contributed by atoms with E-state index in [0.717, 1.165) is 42.1 Å². The van der Waals surface area contributed by atoms with E-state index in [-0.39, 0.29) is 17.7 Å². The van der Waals surface area contributed by atoms with Crippen LogP contribution in [0.2, 0.25) is 0 Å². The number of nitrogens with zero attached hydrogens (tertiary/aromatic N) is 2. The fraction of sp³-hybridized carbons (Fsp3) is 0.333. The maximum Gasteiger partial charge on any atom is 0.267 e. The van der Waals surface area contributed by atoms with E-state index in [1.54, 1.807) is 12.1 Å². The zero-order valence-electron chi connectivity index (χ0n) is 17.4. The van der Waals surface area contributed by atoms with E-state index >= 15 is 0 Å². The van der Waals surface area contributed by atoms with Crippen LogP contribution in [0.4, 0.5) is 5.69 Å². The Balaban J connectivity index is 1.71. The molecule has 2 aromatic carbocycles. The van der Waals surface area contributed by atoms with Gasteiger partial charge in [0.05, 0.1) is 21.7 Å². The van der Waals surface area contributed by atoms with Crippen LogP contribution >= 0.6 is 27.7 Å². The van der Waals surface area contributed by atoms with E-state index in [9.17, 15) is 9.90 Å². The second kappa shape index (κ2) is 9.92. The minimum absolute atomic E-state index is 0.00580. The van der Waals surface area contributed by atoms with Gasteiger partial charge < -0.3 is 9.84 Å². The van der Waals surface area contributed by atoms with E-state index in [1.807, 2.05) is 48.2 Å². The molecule has 1 heterocycles. The van der Waals surface area contributed by atoms with Gasteiger partial charge in [-0.25, -0.2) is 4.99 Å². The van der Waals surface area contributed by atoms with Crippen molar-refractivity contribution in [3.63, 3.8) is 0 Å². The first-order valence-corrected chi connectivity index (χ1v) is 12.2. The van der Waals surface area contributed by atoms with Gasteiger partial charge >= 0.3 is 0 Å². The number of para-hydroxylation sites is 1. The van der Waals surface area contributed by atoms with Crippen molar-refractivity contribution in [2.75, 3.05) is 6.61 Å². The summed E-state index contributed by atoms with van der Waals surface area (Å²) in [4.78, 5) is 20.8. The number of hydrogen-bond acceptors (Lipinski definition) is 5. The molecule has 1 amide bonds. The summed E-state index contributed by atoms with van der Waals surface area (Å²) in [5, 5.41) is 10.9. The quantitative estimate of drug-likeness (QED) is 0.476. The number of amidine groups is 1. The van der Waals surface area contributed by atoms with Crippen LogP contribution in [0.5, 0.6) is 11.5 Å². The zero-order valence-corrected chi connectivity index (χ0v) is 19.8. The summed E-state index contributed by atoms with van der Waals surface area (Å²) in [6.07, 6.45) is 7.36. The third-order valence-corrected chi connectivity index (χ3v) is 6.99. The average molecular weight is 501 g/mol. The Hall–Kier alpha value is -2.25. The summed E-state index contributed by atoms with van der Waals surface area (Å²) in [7, 11) is 0. The molecule has 31 heavy (non-hydrogen) atoms. The van der Waals surface area contributed by atoms with Crippen molar-refractivity contribution in [3.05, 3.63) is 57.4 Å². The molecule has 0 atom stereocenters. The van der Waals surface area contributed by atoms with Crippen molar-refractivity contribution in [1.82, 2.24) is 4.90 Å². The predicted molar refractivity (Wildman–Crippen MR) is 130 cm³/mol. The Labute approximate surface area is 195 Å². The lowest BCUT2D eigenvalue weighted by Gasteiger charge is -2.30. The lowest BCUT2D eigenvalue weighted by Crippen LogP contribution is -2.40. The Kier molecular flexibility index (Phi) is 7.02. The van der Waals surface area contributed by atoms with Crippen molar-refractivity contribution >= 4 is 50.5 Å². The lowest BCUT2D eigenvalue weighted by molar-refractivity contribution is -0.124. The minimum atomic E-state index is -0.00580. The van der Waals surface area contributed by atoms with Gasteiger partial charge in [-0.3, -0.25) is 9.69 Å². The van der Waals surface area contributed by atoms with E-state index in [4.69, 9.17) is 9.73 Å². The highest BCUT2D eigenvalue weighted by molar-refractivity contribution is 9.10. The van der Waals surface area contributed by atoms with Crippen molar-refractivity contribution in [1.29, 1.82) is 0 Å². The van der Waals surface area contributed by atoms with Gasteiger partial charge in [0.25, 0.3) is 5.91 Å². The van der Waals surface area contributed by atoms with Crippen molar-refractivity contribution in [2.45, 2.75) is 45.1 Å². The molecule has 0 unspecified atom stereocenters. The average Bonchev–Trinajstić information content (AvgIpc) is 3.07. The standard InChI is InChI=1S/C24H25BrN2O3S/c1-2-30-20-14-16(13-19(25)22(20)28)15-21-23(29)27(18-11-7-4-8-12-18)24(31-21)26-17-9-5-3-6-10-17/h3,5-6,9-10,13-15,18,28H,2,4,7-8,11-12H2,1H3/b21-15-,26-24?. The van der Waals surface area contributed by atoms with E-state index in [2.05, 4.69) is 15.9 Å². The van der Waals surface area contributed by atoms with Gasteiger partial charge in [0.2, 0.25) is 0 Å². The van der Waals surface area contributed by atoms with E-state index in [0.29, 0.717) is 21.7 Å². The summed E-state index contributed by atoms with van der Waals surface area (Å²) in [5.74, 6) is 0.444. The molecule has 7 heteroatoms. The number of ether oxygens (including phenoxy) is 1. The highest BCUT2D eigenvalue weighted by atomic mass is 79.9. The zero-order chi connectivity index (χ0) is 21.8. The first kappa shape index (κ1) is 22.0. The van der Waals surface area contributed by atoms with Crippen LogP contribution in [-0.4, -0.2) is 33.7 Å². The molecule has 1 saturated heterocycles. The molecule has 2 aromatic rings. The third-order valence-electron chi connectivity index (χ3n) is 5.41. The Bertz CT molecular complexity index is 1020. The maximum atomic E-state index is 13.4. The Morgan fingerprint density at radius 2 is 1.97 bits per heavy atom. The van der Waals surface area contributed by atoms with Crippen LogP contribution in [0, 0.1) is 0 Å². The second-order valence-electron chi connectivity index (χ2n) is 7.59. The number of hydrogen-bond donors (Lipinski definition) is 1. The molecular formula is C24H25BrN2O3S. The van der Waals surface area contributed by atoms with Gasteiger partial charge in [-0.2, -0.15) is 0 Å². The van der Waals surface area contributed by atoms with Gasteiger partial charge in [-0.15, -0.1) is 0 Å². The van der Waals surface area contributed by atoms with Gasteiger partial charge in [0, 0.05) is 6.04 Å². The summed E-state index contributed by atoms with van der Waals surface area (Å²) >= 11 is 4.79. The fourth-order valence-corrected chi connectivity index (χ4v) is 5.45.